The van der Waals surface area contributed by atoms with Crippen LogP contribution in [0.4, 0.5) is 11.4 Å². The highest BCUT2D eigenvalue weighted by molar-refractivity contribution is 8.00. The largest absolute Gasteiger partial charge is 0.324 e. The van der Waals surface area contributed by atoms with E-state index in [9.17, 15) is 9.59 Å². The number of thioether (sulfide) groups is 1. The van der Waals surface area contributed by atoms with Gasteiger partial charge in [0, 0.05) is 16.7 Å². The number of carbonyl (C=O) groups excluding carboxylic acids is 2. The van der Waals surface area contributed by atoms with Crippen LogP contribution in [0.5, 0.6) is 0 Å². The third-order valence-corrected chi connectivity index (χ3v) is 3.50. The number of nitrogens with one attached hydrogen (secondary N) is 2. The molecule has 1 heterocycles. The van der Waals surface area contributed by atoms with Gasteiger partial charge in [-0.15, -0.1) is 11.8 Å². The third-order valence-electron chi connectivity index (χ3n) is 2.43. The molecule has 4 nitrogen and oxygen atoms in total. The molecule has 0 saturated heterocycles. The van der Waals surface area contributed by atoms with Crippen LogP contribution >= 0.6 is 11.8 Å². The van der Waals surface area contributed by atoms with Crippen LogP contribution < -0.4 is 10.6 Å². The van der Waals surface area contributed by atoms with Crippen LogP contribution in [0, 0.1) is 0 Å². The summed E-state index contributed by atoms with van der Waals surface area (Å²) in [4.78, 5) is 23.9. The fourth-order valence-electron chi connectivity index (χ4n) is 1.60. The Morgan fingerprint density at radius 1 is 1.42 bits per heavy atom. The van der Waals surface area contributed by atoms with Gasteiger partial charge < -0.3 is 10.6 Å². The van der Waals surface area contributed by atoms with E-state index in [0.29, 0.717) is 11.4 Å². The topological polar surface area (TPSA) is 58.2 Å². The Labute approximate surface area is 116 Å². The number of carbonyl (C=O) groups is 2. The first kappa shape index (κ1) is 13.4. The number of hydrogen-bond donors (Lipinski definition) is 2. The number of rotatable bonds is 3. The summed E-state index contributed by atoms with van der Waals surface area (Å²) in [5.74, 6) is 0.215. The average Bonchev–Trinajstić information content (AvgIpc) is 2.38. The first-order valence-corrected chi connectivity index (χ1v) is 6.84. The Kier molecular flexibility index (Phi) is 4.41. The summed E-state index contributed by atoms with van der Waals surface area (Å²) in [5, 5.41) is 5.53. The van der Waals surface area contributed by atoms with Gasteiger partial charge in [-0.1, -0.05) is 18.2 Å². The van der Waals surface area contributed by atoms with Crippen molar-refractivity contribution < 1.29 is 9.59 Å². The predicted octanol–water partition coefficient (Wildman–Crippen LogP) is 2.80. The second kappa shape index (κ2) is 6.24. The maximum Gasteiger partial charge on any atom is 0.248 e. The lowest BCUT2D eigenvalue weighted by Crippen LogP contribution is -2.19. The van der Waals surface area contributed by atoms with E-state index in [2.05, 4.69) is 10.6 Å². The number of anilines is 2. The van der Waals surface area contributed by atoms with Crippen LogP contribution in [-0.4, -0.2) is 17.6 Å². The van der Waals surface area contributed by atoms with E-state index in [4.69, 9.17) is 0 Å². The molecule has 2 N–H and O–H groups in total. The van der Waals surface area contributed by atoms with Gasteiger partial charge in [0.2, 0.25) is 11.8 Å². The zero-order valence-electron chi connectivity index (χ0n) is 10.5. The molecular formula is C14H14N2O2S. The average molecular weight is 274 g/mol. The van der Waals surface area contributed by atoms with Gasteiger partial charge in [-0.2, -0.15) is 0 Å². The van der Waals surface area contributed by atoms with Gasteiger partial charge in [-0.05, 0) is 25.1 Å². The maximum atomic E-state index is 11.6. The molecule has 0 aliphatic carbocycles. The lowest BCUT2D eigenvalue weighted by atomic mass is 10.2. The van der Waals surface area contributed by atoms with Crippen molar-refractivity contribution in [3.63, 3.8) is 0 Å². The number of amides is 2. The molecule has 0 aromatic heterocycles. The summed E-state index contributed by atoms with van der Waals surface area (Å²) >= 11 is 1.49. The van der Waals surface area contributed by atoms with E-state index < -0.39 is 0 Å². The van der Waals surface area contributed by atoms with Gasteiger partial charge in [0.05, 0.1) is 11.4 Å². The molecule has 5 heteroatoms. The van der Waals surface area contributed by atoms with Crippen molar-refractivity contribution in [2.24, 2.45) is 0 Å². The van der Waals surface area contributed by atoms with Gasteiger partial charge in [0.25, 0.3) is 0 Å². The van der Waals surface area contributed by atoms with Gasteiger partial charge in [-0.3, -0.25) is 9.59 Å². The SMILES string of the molecule is C/C=C/C=C/C(=O)Nc1ccc2c(c1)NC(=O)CS2. The lowest BCUT2D eigenvalue weighted by Gasteiger charge is -2.17. The zero-order chi connectivity index (χ0) is 13.7. The quantitative estimate of drug-likeness (QED) is 0.658. The number of hydrogen-bond acceptors (Lipinski definition) is 3. The molecule has 1 aliphatic rings. The molecule has 0 unspecified atom stereocenters. The van der Waals surface area contributed by atoms with Gasteiger partial charge in [-0.25, -0.2) is 0 Å². The van der Waals surface area contributed by atoms with Crippen molar-refractivity contribution in [2.75, 3.05) is 16.4 Å². The van der Waals surface area contributed by atoms with E-state index in [1.54, 1.807) is 18.2 Å². The van der Waals surface area contributed by atoms with E-state index in [-0.39, 0.29) is 11.8 Å². The van der Waals surface area contributed by atoms with Crippen molar-refractivity contribution in [1.29, 1.82) is 0 Å². The van der Waals surface area contributed by atoms with Crippen molar-refractivity contribution in [1.82, 2.24) is 0 Å². The standard InChI is InChI=1S/C14H14N2O2S/c1-2-3-4-5-13(17)15-10-6-7-12-11(8-10)16-14(18)9-19-12/h2-8H,9H2,1H3,(H,15,17)(H,16,18)/b3-2+,5-4+. The molecule has 1 aromatic carbocycles. The highest BCUT2D eigenvalue weighted by Crippen LogP contribution is 2.33. The van der Waals surface area contributed by atoms with Gasteiger partial charge in [0.1, 0.15) is 0 Å². The molecule has 1 aromatic rings. The Morgan fingerprint density at radius 2 is 2.26 bits per heavy atom. The molecule has 0 bridgehead atoms. The van der Waals surface area contributed by atoms with Crippen molar-refractivity contribution in [3.8, 4) is 0 Å². The molecular weight excluding hydrogens is 260 g/mol. The molecule has 0 atom stereocenters. The number of fused-ring (bicyclic) bond motifs is 1. The minimum absolute atomic E-state index is 0.0195. The first-order valence-electron chi connectivity index (χ1n) is 5.86. The Hall–Kier alpha value is -2.01. The third kappa shape index (κ3) is 3.72. The molecule has 1 aliphatic heterocycles. The van der Waals surface area contributed by atoms with E-state index >= 15 is 0 Å². The summed E-state index contributed by atoms with van der Waals surface area (Å²) in [5.41, 5.74) is 1.41. The Balaban J connectivity index is 2.08. The summed E-state index contributed by atoms with van der Waals surface area (Å²) in [6.07, 6.45) is 6.75. The molecule has 2 amide bonds. The predicted molar refractivity (Wildman–Crippen MR) is 78.4 cm³/mol. The smallest absolute Gasteiger partial charge is 0.248 e. The van der Waals surface area contributed by atoms with Crippen molar-refractivity contribution in [2.45, 2.75) is 11.8 Å². The normalized spacial score (nSPS) is 14.5. The molecule has 0 radical (unpaired) electrons. The molecule has 2 rings (SSSR count). The molecule has 0 saturated carbocycles. The minimum Gasteiger partial charge on any atom is -0.324 e. The summed E-state index contributed by atoms with van der Waals surface area (Å²) in [6, 6.07) is 5.48. The van der Waals surface area contributed by atoms with E-state index in [0.717, 1.165) is 10.6 Å². The second-order valence-electron chi connectivity index (χ2n) is 3.92. The van der Waals surface area contributed by atoms with Crippen LogP contribution in [0.2, 0.25) is 0 Å². The minimum atomic E-state index is -0.201. The van der Waals surface area contributed by atoms with Gasteiger partial charge >= 0.3 is 0 Å². The fraction of sp³-hybridized carbons (Fsp3) is 0.143. The van der Waals surface area contributed by atoms with Crippen LogP contribution in [0.1, 0.15) is 6.92 Å². The highest BCUT2D eigenvalue weighted by Gasteiger charge is 2.15. The van der Waals surface area contributed by atoms with E-state index in [1.165, 1.54) is 17.8 Å². The Bertz CT molecular complexity index is 565. The monoisotopic (exact) mass is 274 g/mol. The highest BCUT2D eigenvalue weighted by atomic mass is 32.2. The summed E-state index contributed by atoms with van der Waals surface area (Å²) < 4.78 is 0. The molecule has 19 heavy (non-hydrogen) atoms. The number of allylic oxidation sites excluding steroid dienone is 3. The lowest BCUT2D eigenvalue weighted by molar-refractivity contribution is -0.114. The van der Waals surface area contributed by atoms with E-state index in [1.807, 2.05) is 25.1 Å². The Morgan fingerprint density at radius 3 is 3.05 bits per heavy atom. The summed E-state index contributed by atoms with van der Waals surface area (Å²) in [7, 11) is 0. The van der Waals surface area contributed by atoms with Crippen LogP contribution in [-0.2, 0) is 9.59 Å². The fourth-order valence-corrected chi connectivity index (χ4v) is 2.39. The second-order valence-corrected chi connectivity index (χ2v) is 4.94. The van der Waals surface area contributed by atoms with Crippen LogP contribution in [0.15, 0.2) is 47.4 Å². The molecule has 0 fully saturated rings. The van der Waals surface area contributed by atoms with Crippen LogP contribution in [0.3, 0.4) is 0 Å². The first-order chi connectivity index (χ1) is 9.19. The van der Waals surface area contributed by atoms with Crippen LogP contribution in [0.25, 0.3) is 0 Å². The number of benzene rings is 1. The van der Waals surface area contributed by atoms with Crippen molar-refractivity contribution >= 4 is 35.0 Å². The zero-order valence-corrected chi connectivity index (χ0v) is 11.3. The molecule has 98 valence electrons. The molecule has 0 spiro atoms. The van der Waals surface area contributed by atoms with Crippen molar-refractivity contribution in [3.05, 3.63) is 42.5 Å². The maximum absolute atomic E-state index is 11.6. The van der Waals surface area contributed by atoms with Gasteiger partial charge in [0.15, 0.2) is 0 Å². The summed E-state index contributed by atoms with van der Waals surface area (Å²) in [6.45, 7) is 1.88.